The number of aromatic amines is 1. The molecule has 0 spiro atoms. The number of hydrogen-bond donors (Lipinski definition) is 3. The predicted molar refractivity (Wildman–Crippen MR) is 99.4 cm³/mol. The van der Waals surface area contributed by atoms with E-state index in [1.54, 1.807) is 0 Å². The van der Waals surface area contributed by atoms with Crippen LogP contribution in [-0.2, 0) is 11.8 Å². The van der Waals surface area contributed by atoms with E-state index in [-0.39, 0.29) is 0 Å². The molecule has 7 heteroatoms. The largest absolute Gasteiger partial charge is 0.416 e. The number of aromatic nitrogens is 2. The zero-order valence-electron chi connectivity index (χ0n) is 15.8. The minimum absolute atomic E-state index is 0.526. The van der Waals surface area contributed by atoms with Crippen LogP contribution in [0.25, 0.3) is 0 Å². The van der Waals surface area contributed by atoms with Crippen molar-refractivity contribution >= 4 is 0 Å². The van der Waals surface area contributed by atoms with E-state index in [2.05, 4.69) is 15.3 Å². The first-order valence-electron chi connectivity index (χ1n) is 9.49. The van der Waals surface area contributed by atoms with Gasteiger partial charge in [-0.1, -0.05) is 26.0 Å². The van der Waals surface area contributed by atoms with Crippen LogP contribution in [0.4, 0.5) is 13.2 Å². The molecule has 3 N–H and O–H groups in total. The van der Waals surface area contributed by atoms with Gasteiger partial charge in [0.2, 0.25) is 0 Å². The summed E-state index contributed by atoms with van der Waals surface area (Å²) in [4.78, 5) is 7.21. The Hall–Kier alpha value is -1.86. The van der Waals surface area contributed by atoms with Gasteiger partial charge in [-0.25, -0.2) is 4.98 Å². The lowest BCUT2D eigenvalue weighted by Gasteiger charge is -2.33. The molecule has 1 aliphatic heterocycles. The average molecular weight is 383 g/mol. The van der Waals surface area contributed by atoms with Gasteiger partial charge in [-0.05, 0) is 56.5 Å². The third kappa shape index (κ3) is 6.07. The van der Waals surface area contributed by atoms with Gasteiger partial charge in [0.25, 0.3) is 0 Å². The van der Waals surface area contributed by atoms with Crippen LogP contribution in [0.3, 0.4) is 0 Å². The number of hydrogen-bond acceptors (Lipinski definition) is 3. The summed E-state index contributed by atoms with van der Waals surface area (Å²) in [5, 5.41) is 13.4. The topological polar surface area (TPSA) is 60.9 Å². The molecule has 1 aromatic carbocycles. The van der Waals surface area contributed by atoms with Gasteiger partial charge in [0.15, 0.2) is 0 Å². The molecule has 4 rings (SSSR count). The van der Waals surface area contributed by atoms with E-state index in [9.17, 15) is 18.3 Å². The molecule has 27 heavy (non-hydrogen) atoms. The highest BCUT2D eigenvalue weighted by molar-refractivity contribution is 5.29. The van der Waals surface area contributed by atoms with Crippen molar-refractivity contribution in [2.24, 2.45) is 0 Å². The molecule has 4 nitrogen and oxygen atoms in total. The number of nitrogens with zero attached hydrogens (tertiary/aromatic N) is 1. The second kappa shape index (κ2) is 9.37. The first kappa shape index (κ1) is 21.4. The second-order valence-corrected chi connectivity index (χ2v) is 6.61. The normalized spacial score (nSPS) is 18.6. The molecule has 0 radical (unpaired) electrons. The Morgan fingerprint density at radius 3 is 2.11 bits per heavy atom. The molecule has 1 aliphatic carbocycles. The highest BCUT2D eigenvalue weighted by Gasteiger charge is 2.34. The van der Waals surface area contributed by atoms with E-state index >= 15 is 0 Å². The van der Waals surface area contributed by atoms with Crippen molar-refractivity contribution in [2.75, 3.05) is 13.1 Å². The third-order valence-corrected chi connectivity index (χ3v) is 4.66. The van der Waals surface area contributed by atoms with Gasteiger partial charge in [0, 0.05) is 18.3 Å². The van der Waals surface area contributed by atoms with Crippen LogP contribution in [0.5, 0.6) is 0 Å². The van der Waals surface area contributed by atoms with Gasteiger partial charge in [-0.2, -0.15) is 13.2 Å². The van der Waals surface area contributed by atoms with Gasteiger partial charge >= 0.3 is 6.18 Å². The Morgan fingerprint density at radius 1 is 1.07 bits per heavy atom. The van der Waals surface area contributed by atoms with E-state index < -0.39 is 17.3 Å². The summed E-state index contributed by atoms with van der Waals surface area (Å²) < 4.78 is 37.2. The fourth-order valence-electron chi connectivity index (χ4n) is 2.96. The molecule has 0 bridgehead atoms. The zero-order valence-corrected chi connectivity index (χ0v) is 15.8. The molecule has 2 aliphatic rings. The summed E-state index contributed by atoms with van der Waals surface area (Å²) in [6.45, 7) is 5.36. The molecule has 1 saturated carbocycles. The van der Waals surface area contributed by atoms with Crippen LogP contribution in [0.1, 0.15) is 62.4 Å². The van der Waals surface area contributed by atoms with Gasteiger partial charge < -0.3 is 15.4 Å². The van der Waals surface area contributed by atoms with E-state index in [1.165, 1.54) is 30.8 Å². The SMILES string of the molecule is CC.OC1(c2ccc(C(F)(F)F)cc2)CCNCC1.c1c[nH]c(C2CC2)n1. The number of rotatable bonds is 2. The number of halogens is 3. The quantitative estimate of drug-likeness (QED) is 0.711. The van der Waals surface area contributed by atoms with E-state index in [4.69, 9.17) is 0 Å². The number of alkyl halides is 3. The van der Waals surface area contributed by atoms with Crippen LogP contribution in [0, 0.1) is 0 Å². The lowest BCUT2D eigenvalue weighted by Crippen LogP contribution is -2.39. The molecule has 0 atom stereocenters. The van der Waals surface area contributed by atoms with Gasteiger partial charge in [0.05, 0.1) is 11.2 Å². The summed E-state index contributed by atoms with van der Waals surface area (Å²) in [5.74, 6) is 1.94. The van der Waals surface area contributed by atoms with Gasteiger partial charge in [-0.3, -0.25) is 0 Å². The first-order chi connectivity index (χ1) is 12.9. The molecule has 150 valence electrons. The van der Waals surface area contributed by atoms with Crippen molar-refractivity contribution in [1.82, 2.24) is 15.3 Å². The lowest BCUT2D eigenvalue weighted by molar-refractivity contribution is -0.137. The highest BCUT2D eigenvalue weighted by Crippen LogP contribution is 2.37. The molecule has 0 unspecified atom stereocenters. The maximum atomic E-state index is 12.4. The number of H-pyrrole nitrogens is 1. The standard InChI is InChI=1S/C12H14F3NO.C6H8N2.C2H6/c13-12(14,15)10-3-1-9(2-4-10)11(17)5-7-16-8-6-11;1-2-5(1)6-7-3-4-8-6;1-2/h1-4,16-17H,5-8H2;3-5H,1-2H2,(H,7,8);1-2H3. The lowest BCUT2D eigenvalue weighted by atomic mass is 9.85. The molecule has 1 aromatic heterocycles. The smallest absolute Gasteiger partial charge is 0.385 e. The van der Waals surface area contributed by atoms with Crippen molar-refractivity contribution in [3.63, 3.8) is 0 Å². The van der Waals surface area contributed by atoms with E-state index in [1.807, 2.05) is 26.2 Å². The van der Waals surface area contributed by atoms with Crippen molar-refractivity contribution in [1.29, 1.82) is 0 Å². The number of aliphatic hydroxyl groups is 1. The summed E-state index contributed by atoms with van der Waals surface area (Å²) >= 11 is 0. The van der Waals surface area contributed by atoms with E-state index in [0.29, 0.717) is 31.5 Å². The number of benzene rings is 1. The second-order valence-electron chi connectivity index (χ2n) is 6.61. The van der Waals surface area contributed by atoms with Crippen LogP contribution < -0.4 is 5.32 Å². The molecule has 2 heterocycles. The number of nitrogens with one attached hydrogen (secondary N) is 2. The monoisotopic (exact) mass is 383 g/mol. The number of imidazole rings is 1. The minimum Gasteiger partial charge on any atom is -0.385 e. The third-order valence-electron chi connectivity index (χ3n) is 4.66. The first-order valence-corrected chi connectivity index (χ1v) is 9.49. The van der Waals surface area contributed by atoms with Crippen LogP contribution in [-0.4, -0.2) is 28.2 Å². The van der Waals surface area contributed by atoms with Crippen molar-refractivity contribution in [3.8, 4) is 0 Å². The summed E-state index contributed by atoms with van der Waals surface area (Å²) in [5.41, 5.74) is -1.11. The van der Waals surface area contributed by atoms with Crippen molar-refractivity contribution in [2.45, 2.75) is 57.2 Å². The Balaban J connectivity index is 0.000000216. The fraction of sp³-hybridized carbons (Fsp3) is 0.550. The highest BCUT2D eigenvalue weighted by atomic mass is 19.4. The Kier molecular flexibility index (Phi) is 7.44. The predicted octanol–water partition coefficient (Wildman–Crippen LogP) is 4.59. The molecule has 2 fully saturated rings. The summed E-state index contributed by atoms with van der Waals surface area (Å²) in [6.07, 6.45) is 3.08. The van der Waals surface area contributed by atoms with Crippen molar-refractivity contribution in [3.05, 3.63) is 53.6 Å². The average Bonchev–Trinajstić information content (AvgIpc) is 3.38. The maximum absolute atomic E-state index is 12.4. The van der Waals surface area contributed by atoms with Crippen LogP contribution in [0.15, 0.2) is 36.7 Å². The van der Waals surface area contributed by atoms with Crippen LogP contribution in [0.2, 0.25) is 0 Å². The number of piperidine rings is 1. The van der Waals surface area contributed by atoms with Crippen LogP contribution >= 0.6 is 0 Å². The minimum atomic E-state index is -4.32. The summed E-state index contributed by atoms with van der Waals surface area (Å²) in [6, 6.07) is 4.78. The molecule has 0 amide bonds. The van der Waals surface area contributed by atoms with Crippen molar-refractivity contribution < 1.29 is 18.3 Å². The molecule has 2 aromatic rings. The molecule has 1 saturated heterocycles. The summed E-state index contributed by atoms with van der Waals surface area (Å²) in [7, 11) is 0. The zero-order chi connectivity index (χ0) is 19.9. The van der Waals surface area contributed by atoms with Gasteiger partial charge in [0.1, 0.15) is 5.82 Å². The van der Waals surface area contributed by atoms with Gasteiger partial charge in [-0.15, -0.1) is 0 Å². The Bertz CT molecular complexity index is 659. The molecular formula is C20H28F3N3O. The van der Waals surface area contributed by atoms with E-state index in [0.717, 1.165) is 18.1 Å². The molecular weight excluding hydrogens is 355 g/mol. The maximum Gasteiger partial charge on any atom is 0.416 e. The Morgan fingerprint density at radius 2 is 1.67 bits per heavy atom. The fourth-order valence-corrected chi connectivity index (χ4v) is 2.96. The Labute approximate surface area is 158 Å².